The molecule has 0 atom stereocenters. The normalized spacial score (nSPS) is 14.6. The van der Waals surface area contributed by atoms with Crippen LogP contribution in [0.5, 0.6) is 0 Å². The fourth-order valence-electron chi connectivity index (χ4n) is 6.16. The molecule has 57 heavy (non-hydrogen) atoms. The lowest BCUT2D eigenvalue weighted by atomic mass is 9.79. The molecule has 7 N–H and O–H groups in total. The summed E-state index contributed by atoms with van der Waals surface area (Å²) in [5.41, 5.74) is 1.23. The third-order valence-corrected chi connectivity index (χ3v) is 9.16. The summed E-state index contributed by atoms with van der Waals surface area (Å²) in [4.78, 5) is 100.0. The third kappa shape index (κ3) is 8.90. The highest BCUT2D eigenvalue weighted by Gasteiger charge is 2.36. The average molecular weight is 785 g/mol. The van der Waals surface area contributed by atoms with Crippen LogP contribution in [0.4, 0.5) is 23.0 Å². The molecule has 0 unspecified atom stereocenters. The summed E-state index contributed by atoms with van der Waals surface area (Å²) in [6.07, 6.45) is 9.78. The molecule has 0 aromatic carbocycles. The molecule has 1 aliphatic carbocycles. The van der Waals surface area contributed by atoms with Crippen LogP contribution in [0, 0.1) is 5.92 Å². The molecular formula is C35H40N14O8. The van der Waals surface area contributed by atoms with Gasteiger partial charge in [0.05, 0.1) is 11.4 Å². The smallest absolute Gasteiger partial charge is 0.372 e. The molecule has 0 bridgehead atoms. The highest BCUT2D eigenvalue weighted by Crippen LogP contribution is 2.29. The fraction of sp³-hybridized carbons (Fsp3) is 0.314. The van der Waals surface area contributed by atoms with Gasteiger partial charge in [0.15, 0.2) is 17.5 Å². The SMILES string of the molecule is Cn1cc(NC(=O)c2nccn2C)cc1C(=O)NCCC(=O)Nc1cn(C)c(C(=O)Nc2cc(C(=O)NC3CC(C(=O)Nc4cn(C)c(C(=O)O)n4)C3)n(C)c2)n1. The maximum absolute atomic E-state index is 13.1. The highest BCUT2D eigenvalue weighted by molar-refractivity contribution is 6.04. The van der Waals surface area contributed by atoms with E-state index in [4.69, 9.17) is 5.11 Å². The predicted molar refractivity (Wildman–Crippen MR) is 202 cm³/mol. The minimum Gasteiger partial charge on any atom is -0.475 e. The number of amides is 6. The summed E-state index contributed by atoms with van der Waals surface area (Å²) >= 11 is 0. The molecule has 0 spiro atoms. The first-order chi connectivity index (χ1) is 27.1. The number of aryl methyl sites for hydroxylation is 5. The van der Waals surface area contributed by atoms with E-state index < -0.39 is 41.4 Å². The quantitative estimate of drug-likeness (QED) is 0.0822. The summed E-state index contributed by atoms with van der Waals surface area (Å²) in [5.74, 6) is -4.08. The van der Waals surface area contributed by atoms with Gasteiger partial charge in [-0.3, -0.25) is 28.8 Å². The number of carboxylic acid groups (broad SMARTS) is 1. The molecule has 298 valence electrons. The lowest BCUT2D eigenvalue weighted by Gasteiger charge is -2.34. The lowest BCUT2D eigenvalue weighted by molar-refractivity contribution is -0.123. The Balaban J connectivity index is 0.936. The van der Waals surface area contributed by atoms with Gasteiger partial charge >= 0.3 is 5.97 Å². The maximum atomic E-state index is 13.1. The molecule has 22 heteroatoms. The summed E-state index contributed by atoms with van der Waals surface area (Å²) < 4.78 is 7.36. The van der Waals surface area contributed by atoms with Crippen LogP contribution in [0.25, 0.3) is 0 Å². The summed E-state index contributed by atoms with van der Waals surface area (Å²) in [5, 5.41) is 25.3. The number of nitrogens with zero attached hydrogens (tertiary/aromatic N) is 8. The Morgan fingerprint density at radius 3 is 1.81 bits per heavy atom. The van der Waals surface area contributed by atoms with Crippen molar-refractivity contribution in [3.8, 4) is 0 Å². The van der Waals surface area contributed by atoms with Crippen molar-refractivity contribution in [2.45, 2.75) is 25.3 Å². The molecule has 0 radical (unpaired) electrons. The second-order valence-electron chi connectivity index (χ2n) is 13.5. The van der Waals surface area contributed by atoms with Crippen molar-refractivity contribution in [2.75, 3.05) is 27.8 Å². The zero-order chi connectivity index (χ0) is 41.1. The standard InChI is InChI=1S/C35H40N14O8/c1-45-9-8-36-27(45)33(54)39-20-12-22(46(2)14-20)31(52)37-7-6-26(50)41-24-16-48(4)28(42-24)34(55)40-21-13-23(47(3)15-21)32(53)38-19-10-18(11-19)30(51)44-25-17-49(5)29(43-25)35(56)57/h8-9,12-19H,6-7,10-11H2,1-5H3,(H,37,52)(H,38,53)(H,39,54)(H,40,55)(H,41,50)(H,44,51)(H,56,57). The highest BCUT2D eigenvalue weighted by atomic mass is 16.4. The second kappa shape index (κ2) is 16.1. The average Bonchev–Trinajstić information content (AvgIpc) is 3.95. The fourth-order valence-corrected chi connectivity index (χ4v) is 6.16. The Morgan fingerprint density at radius 2 is 1.23 bits per heavy atom. The predicted octanol–water partition coefficient (Wildman–Crippen LogP) is 0.673. The van der Waals surface area contributed by atoms with Gasteiger partial charge in [-0.1, -0.05) is 0 Å². The van der Waals surface area contributed by atoms with Crippen LogP contribution in [0.1, 0.15) is 72.1 Å². The summed E-state index contributed by atoms with van der Waals surface area (Å²) in [6.45, 7) is -0.00554. The number of carbonyl (C=O) groups is 7. The molecule has 22 nitrogen and oxygen atoms in total. The number of anilines is 4. The van der Waals surface area contributed by atoms with E-state index in [0.29, 0.717) is 24.2 Å². The number of nitrogens with one attached hydrogen (secondary N) is 6. The van der Waals surface area contributed by atoms with Gasteiger partial charge in [-0.05, 0) is 25.0 Å². The Morgan fingerprint density at radius 1 is 0.667 bits per heavy atom. The van der Waals surface area contributed by atoms with Gasteiger partial charge in [-0.25, -0.2) is 19.7 Å². The molecule has 6 amide bonds. The number of hydrogen-bond acceptors (Lipinski definition) is 10. The van der Waals surface area contributed by atoms with Crippen molar-refractivity contribution in [2.24, 2.45) is 41.2 Å². The largest absolute Gasteiger partial charge is 0.475 e. The van der Waals surface area contributed by atoms with E-state index in [1.807, 2.05) is 0 Å². The van der Waals surface area contributed by atoms with E-state index >= 15 is 0 Å². The van der Waals surface area contributed by atoms with Crippen LogP contribution < -0.4 is 31.9 Å². The van der Waals surface area contributed by atoms with E-state index in [2.05, 4.69) is 46.9 Å². The van der Waals surface area contributed by atoms with Crippen molar-refractivity contribution in [1.29, 1.82) is 0 Å². The molecule has 0 aliphatic heterocycles. The van der Waals surface area contributed by atoms with Crippen LogP contribution in [0.15, 0.2) is 49.3 Å². The van der Waals surface area contributed by atoms with E-state index in [9.17, 15) is 33.6 Å². The summed E-state index contributed by atoms with van der Waals surface area (Å²) in [6, 6.07) is 2.73. The van der Waals surface area contributed by atoms with Crippen LogP contribution in [-0.2, 0) is 44.8 Å². The van der Waals surface area contributed by atoms with E-state index in [0.717, 1.165) is 0 Å². The Bertz CT molecular complexity index is 2410. The first-order valence-electron chi connectivity index (χ1n) is 17.5. The number of hydrogen-bond donors (Lipinski definition) is 7. The molecule has 0 saturated heterocycles. The number of aromatic nitrogens is 8. The van der Waals surface area contributed by atoms with Gasteiger partial charge in [0.25, 0.3) is 23.6 Å². The summed E-state index contributed by atoms with van der Waals surface area (Å²) in [7, 11) is 8.05. The number of carboxylic acids is 1. The first kappa shape index (κ1) is 39.2. The zero-order valence-corrected chi connectivity index (χ0v) is 31.5. The number of rotatable bonds is 14. The van der Waals surface area contributed by atoms with Crippen molar-refractivity contribution in [1.82, 2.24) is 48.4 Å². The van der Waals surface area contributed by atoms with Crippen LogP contribution >= 0.6 is 0 Å². The van der Waals surface area contributed by atoms with Crippen molar-refractivity contribution in [3.05, 3.63) is 78.2 Å². The molecule has 1 aliphatic rings. The maximum Gasteiger partial charge on any atom is 0.372 e. The van der Waals surface area contributed by atoms with Crippen molar-refractivity contribution < 1.29 is 38.7 Å². The second-order valence-corrected chi connectivity index (χ2v) is 13.5. The topological polar surface area (TPSA) is 275 Å². The minimum atomic E-state index is -1.22. The lowest BCUT2D eigenvalue weighted by Crippen LogP contribution is -2.48. The molecule has 6 rings (SSSR count). The van der Waals surface area contributed by atoms with Crippen molar-refractivity contribution >= 4 is 64.4 Å². The van der Waals surface area contributed by atoms with Crippen LogP contribution in [-0.4, -0.2) is 96.9 Å². The Kier molecular flexibility index (Phi) is 11.0. The minimum absolute atomic E-state index is 0.00554. The molecule has 1 fully saturated rings. The van der Waals surface area contributed by atoms with Gasteiger partial charge in [-0.2, -0.15) is 0 Å². The molecule has 5 aromatic rings. The van der Waals surface area contributed by atoms with Crippen molar-refractivity contribution in [3.63, 3.8) is 0 Å². The van der Waals surface area contributed by atoms with E-state index in [1.54, 1.807) is 51.3 Å². The Hall–Kier alpha value is -7.52. The van der Waals surface area contributed by atoms with Gasteiger partial charge in [0.1, 0.15) is 11.4 Å². The van der Waals surface area contributed by atoms with Gasteiger partial charge in [-0.15, -0.1) is 0 Å². The molecule has 5 heterocycles. The van der Waals surface area contributed by atoms with Gasteiger partial charge < -0.3 is 59.8 Å². The van der Waals surface area contributed by atoms with E-state index in [-0.39, 0.29) is 65.4 Å². The molecular weight excluding hydrogens is 744 g/mol. The van der Waals surface area contributed by atoms with E-state index in [1.165, 1.54) is 56.0 Å². The van der Waals surface area contributed by atoms with Gasteiger partial charge in [0.2, 0.25) is 23.5 Å². The van der Waals surface area contributed by atoms with Crippen LogP contribution in [0.3, 0.4) is 0 Å². The molecule has 1 saturated carbocycles. The number of carbonyl (C=O) groups excluding carboxylic acids is 6. The third-order valence-electron chi connectivity index (χ3n) is 9.16. The first-order valence-corrected chi connectivity index (χ1v) is 17.5. The zero-order valence-electron chi connectivity index (χ0n) is 31.5. The Labute approximate surface area is 323 Å². The number of imidazole rings is 3. The monoisotopic (exact) mass is 784 g/mol. The van der Waals surface area contributed by atoms with Crippen LogP contribution in [0.2, 0.25) is 0 Å². The molecule has 5 aromatic heterocycles. The van der Waals surface area contributed by atoms with Gasteiger partial charge in [0, 0.05) is 97.3 Å². The number of aromatic carboxylic acids is 1.